The second kappa shape index (κ2) is 6.88. The van der Waals surface area contributed by atoms with E-state index in [-0.39, 0.29) is 0 Å². The van der Waals surface area contributed by atoms with Gasteiger partial charge in [0.1, 0.15) is 6.26 Å². The fraction of sp³-hybridized carbons (Fsp3) is 0.316. The summed E-state index contributed by atoms with van der Waals surface area (Å²) in [6, 6.07) is 7.85. The predicted molar refractivity (Wildman–Crippen MR) is 97.8 cm³/mol. The van der Waals surface area contributed by atoms with Gasteiger partial charge >= 0.3 is 0 Å². The van der Waals surface area contributed by atoms with Gasteiger partial charge in [0.25, 0.3) is 0 Å². The second-order valence-corrected chi connectivity index (χ2v) is 6.87. The third-order valence-corrected chi connectivity index (χ3v) is 5.09. The van der Waals surface area contributed by atoms with Crippen molar-refractivity contribution in [1.82, 2.24) is 34.9 Å². The van der Waals surface area contributed by atoms with Crippen molar-refractivity contribution in [2.75, 3.05) is 13.1 Å². The molecule has 0 aromatic carbocycles. The molecule has 4 aromatic heterocycles. The number of fused-ring (bicyclic) bond motifs is 1. The van der Waals surface area contributed by atoms with E-state index in [2.05, 4.69) is 25.2 Å². The van der Waals surface area contributed by atoms with Gasteiger partial charge in [0.15, 0.2) is 11.5 Å². The Labute approximate surface area is 155 Å². The molecule has 0 radical (unpaired) electrons. The third-order valence-electron chi connectivity index (χ3n) is 5.09. The average molecular weight is 361 g/mol. The largest absolute Gasteiger partial charge is 0.364 e. The minimum absolute atomic E-state index is 0.357. The summed E-state index contributed by atoms with van der Waals surface area (Å²) in [5, 5.41) is 17.3. The second-order valence-electron chi connectivity index (χ2n) is 6.87. The van der Waals surface area contributed by atoms with Crippen LogP contribution in [0.15, 0.2) is 53.6 Å². The monoisotopic (exact) mass is 361 g/mol. The Morgan fingerprint density at radius 1 is 1.07 bits per heavy atom. The van der Waals surface area contributed by atoms with Gasteiger partial charge in [0.2, 0.25) is 0 Å². The number of hydrogen-bond acceptors (Lipinski definition) is 7. The summed E-state index contributed by atoms with van der Waals surface area (Å²) in [5.74, 6) is 1.30. The minimum atomic E-state index is 0.357. The molecule has 0 atom stereocenters. The lowest BCUT2D eigenvalue weighted by Gasteiger charge is -2.30. The maximum Gasteiger partial charge on any atom is 0.177 e. The van der Waals surface area contributed by atoms with E-state index in [1.807, 2.05) is 35.0 Å². The van der Waals surface area contributed by atoms with Gasteiger partial charge in [-0.15, -0.1) is 10.2 Å². The summed E-state index contributed by atoms with van der Waals surface area (Å²) in [5.41, 5.74) is 3.76. The third kappa shape index (κ3) is 3.19. The first kappa shape index (κ1) is 16.1. The summed E-state index contributed by atoms with van der Waals surface area (Å²) in [6.45, 7) is 2.89. The molecule has 8 nitrogen and oxygen atoms in total. The topological polar surface area (TPSA) is 85.2 Å². The molecule has 0 spiro atoms. The molecule has 0 aliphatic carbocycles. The van der Waals surface area contributed by atoms with Crippen molar-refractivity contribution in [3.63, 3.8) is 0 Å². The highest BCUT2D eigenvalue weighted by Crippen LogP contribution is 2.28. The van der Waals surface area contributed by atoms with E-state index < -0.39 is 0 Å². The number of nitrogens with zero attached hydrogens (tertiary/aromatic N) is 7. The molecule has 0 N–H and O–H groups in total. The van der Waals surface area contributed by atoms with Gasteiger partial charge in [-0.25, -0.2) is 0 Å². The Hall–Kier alpha value is -3.13. The van der Waals surface area contributed by atoms with Gasteiger partial charge in [-0.1, -0.05) is 5.16 Å². The standard InChI is InChI=1S/C19H19N7O/c1-2-16(11-20-7-1)17-3-4-18-22-23-19(26(18)24-17)15-5-8-25(9-6-15)12-14-10-21-27-13-14/h1-4,7,10-11,13,15H,5-6,8-9,12H2. The van der Waals surface area contributed by atoms with Crippen LogP contribution in [0.4, 0.5) is 0 Å². The number of aromatic nitrogens is 6. The highest BCUT2D eigenvalue weighted by molar-refractivity contribution is 5.58. The molecule has 1 saturated heterocycles. The van der Waals surface area contributed by atoms with Crippen LogP contribution in [0.25, 0.3) is 16.9 Å². The molecular weight excluding hydrogens is 342 g/mol. The van der Waals surface area contributed by atoms with Crippen LogP contribution in [0, 0.1) is 0 Å². The van der Waals surface area contributed by atoms with E-state index in [0.717, 1.165) is 60.8 Å². The van der Waals surface area contributed by atoms with Crippen molar-refractivity contribution in [2.45, 2.75) is 25.3 Å². The number of pyridine rings is 1. The quantitative estimate of drug-likeness (QED) is 0.552. The molecule has 1 fully saturated rings. The minimum Gasteiger partial charge on any atom is -0.364 e. The molecule has 0 bridgehead atoms. The van der Waals surface area contributed by atoms with Crippen LogP contribution in [-0.2, 0) is 6.54 Å². The zero-order valence-electron chi connectivity index (χ0n) is 14.8. The van der Waals surface area contributed by atoms with Crippen LogP contribution >= 0.6 is 0 Å². The first-order valence-corrected chi connectivity index (χ1v) is 9.10. The van der Waals surface area contributed by atoms with Crippen molar-refractivity contribution >= 4 is 5.65 Å². The van der Waals surface area contributed by atoms with E-state index in [1.54, 1.807) is 18.7 Å². The lowest BCUT2D eigenvalue weighted by atomic mass is 9.96. The summed E-state index contributed by atoms with van der Waals surface area (Å²) < 4.78 is 6.81. The smallest absolute Gasteiger partial charge is 0.177 e. The highest BCUT2D eigenvalue weighted by atomic mass is 16.5. The number of rotatable bonds is 4. The SMILES string of the molecule is c1cncc(-c2ccc3nnc(C4CCN(Cc5cnoc5)CC4)n3n2)c1. The van der Waals surface area contributed by atoms with Crippen LogP contribution in [0.5, 0.6) is 0 Å². The van der Waals surface area contributed by atoms with Gasteiger partial charge in [0, 0.05) is 36.0 Å². The molecule has 5 heterocycles. The zero-order chi connectivity index (χ0) is 18.1. The van der Waals surface area contributed by atoms with Gasteiger partial charge in [-0.3, -0.25) is 9.88 Å². The molecule has 5 rings (SSSR count). The fourth-order valence-electron chi connectivity index (χ4n) is 3.64. The summed E-state index contributed by atoms with van der Waals surface area (Å²) in [4.78, 5) is 6.60. The predicted octanol–water partition coefficient (Wildman–Crippen LogP) is 2.55. The Morgan fingerprint density at radius 2 is 2.00 bits per heavy atom. The van der Waals surface area contributed by atoms with Crippen molar-refractivity contribution in [1.29, 1.82) is 0 Å². The first-order chi connectivity index (χ1) is 13.4. The molecule has 1 aliphatic rings. The Balaban J connectivity index is 1.36. The number of hydrogen-bond donors (Lipinski definition) is 0. The van der Waals surface area contributed by atoms with Gasteiger partial charge in [-0.05, 0) is 50.2 Å². The van der Waals surface area contributed by atoms with E-state index in [4.69, 9.17) is 9.62 Å². The van der Waals surface area contributed by atoms with E-state index in [9.17, 15) is 0 Å². The van der Waals surface area contributed by atoms with Crippen LogP contribution in [0.1, 0.15) is 30.1 Å². The summed E-state index contributed by atoms with van der Waals surface area (Å²) in [7, 11) is 0. The molecule has 136 valence electrons. The maximum atomic E-state index is 4.92. The molecular formula is C19H19N7O. The maximum absolute atomic E-state index is 4.92. The summed E-state index contributed by atoms with van der Waals surface area (Å²) in [6.07, 6.45) is 9.14. The fourth-order valence-corrected chi connectivity index (χ4v) is 3.64. The Kier molecular flexibility index (Phi) is 4.10. The average Bonchev–Trinajstić information content (AvgIpc) is 3.39. The molecule has 0 saturated carbocycles. The molecule has 1 aliphatic heterocycles. The van der Waals surface area contributed by atoms with E-state index in [0.29, 0.717) is 5.92 Å². The lowest BCUT2D eigenvalue weighted by Crippen LogP contribution is -2.33. The number of piperidine rings is 1. The van der Waals surface area contributed by atoms with Crippen LogP contribution in [-0.4, -0.2) is 47.9 Å². The van der Waals surface area contributed by atoms with Crippen molar-refractivity contribution < 1.29 is 4.52 Å². The Morgan fingerprint density at radius 3 is 2.78 bits per heavy atom. The first-order valence-electron chi connectivity index (χ1n) is 9.10. The Bertz CT molecular complexity index is 1020. The van der Waals surface area contributed by atoms with Gasteiger partial charge in [-0.2, -0.15) is 9.61 Å². The number of likely N-dealkylation sites (tertiary alicyclic amines) is 1. The molecule has 27 heavy (non-hydrogen) atoms. The van der Waals surface area contributed by atoms with Crippen LogP contribution < -0.4 is 0 Å². The van der Waals surface area contributed by atoms with Crippen molar-refractivity contribution in [2.24, 2.45) is 0 Å². The molecule has 4 aromatic rings. The molecule has 0 unspecified atom stereocenters. The summed E-state index contributed by atoms with van der Waals surface area (Å²) >= 11 is 0. The zero-order valence-corrected chi connectivity index (χ0v) is 14.8. The van der Waals surface area contributed by atoms with Crippen molar-refractivity contribution in [3.05, 3.63) is 60.5 Å². The van der Waals surface area contributed by atoms with Crippen LogP contribution in [0.2, 0.25) is 0 Å². The van der Waals surface area contributed by atoms with E-state index in [1.165, 1.54) is 0 Å². The molecule has 8 heteroatoms. The molecule has 0 amide bonds. The van der Waals surface area contributed by atoms with Gasteiger partial charge < -0.3 is 4.52 Å². The lowest BCUT2D eigenvalue weighted by molar-refractivity contribution is 0.200. The normalized spacial score (nSPS) is 16.1. The van der Waals surface area contributed by atoms with E-state index >= 15 is 0 Å². The van der Waals surface area contributed by atoms with Crippen LogP contribution in [0.3, 0.4) is 0 Å². The van der Waals surface area contributed by atoms with Crippen molar-refractivity contribution in [3.8, 4) is 11.3 Å². The van der Waals surface area contributed by atoms with Gasteiger partial charge in [0.05, 0.1) is 11.9 Å². The highest BCUT2D eigenvalue weighted by Gasteiger charge is 2.25.